The maximum absolute atomic E-state index is 12.2. The average Bonchev–Trinajstić information content (AvgIpc) is 0.771. The van der Waals surface area contributed by atoms with Gasteiger partial charge in [-0.3, -0.25) is 28.8 Å². The van der Waals surface area contributed by atoms with E-state index in [0.717, 1.165) is 70.6 Å². The van der Waals surface area contributed by atoms with Crippen molar-refractivity contribution in [3.63, 3.8) is 0 Å². The smallest absolute Gasteiger partial charge is 0.304 e. The Morgan fingerprint density at radius 2 is 0.347 bits per heavy atom. The van der Waals surface area contributed by atoms with Gasteiger partial charge < -0.3 is 193 Å². The normalized spacial score (nSPS) is 44.1. The molecule has 30 heterocycles. The second-order valence-electron chi connectivity index (χ2n) is 28.7. The van der Waals surface area contributed by atoms with Gasteiger partial charge in [0.05, 0.1) is 87.9 Å². The highest BCUT2D eigenvalue weighted by Gasteiger charge is 2.61. The number of aliphatic hydroxyl groups is 17. The van der Waals surface area contributed by atoms with E-state index in [9.17, 15) is 146 Å². The van der Waals surface area contributed by atoms with Crippen molar-refractivity contribution >= 4 is 119 Å². The van der Waals surface area contributed by atoms with Crippen LogP contribution in [0, 0.1) is 0 Å². The molecule has 0 radical (unpaired) electrons. The number of thiol groups is 1. The highest BCUT2D eigenvalue weighted by Crippen LogP contribution is 2.42. The molecule has 0 saturated carbocycles. The summed E-state index contributed by atoms with van der Waals surface area (Å²) < 4.78 is 98.5. The van der Waals surface area contributed by atoms with Crippen LogP contribution in [-0.2, 0) is 105 Å². The van der Waals surface area contributed by atoms with Crippen molar-refractivity contribution in [2.45, 2.75) is 284 Å². The van der Waals surface area contributed by atoms with Crippen molar-refractivity contribution < 1.29 is 222 Å². The molecule has 30 aliphatic rings. The quantitative estimate of drug-likeness (QED) is 0.0220. The van der Waals surface area contributed by atoms with Crippen LogP contribution < -0.4 is 0 Å². The van der Waals surface area contributed by atoms with Gasteiger partial charge in [-0.2, -0.15) is 83.2 Å². The number of hydrogen-bond donors (Lipinski definition) is 24. The number of carbonyl (C=O) groups is 6. The fraction of sp³-hybridized carbons (Fsp3) is 0.909. The Balaban J connectivity index is 1.08. The standard InChI is InChI=1S/C66H104O45S7/c67-13-21-51-35(80)43(88)59(96-21)105-52-22(14-112)97-60(44(89)36(52)81)106-53-23(15-113-7-1-29(68)69)99-62(46(91)38(53)83)108-55-25(17-115-9-3-31(72)73)101-64(48(93)40(55)85)110-57-27(19-117-11-5-33(76)77)103-66(50(95)42(57)87)111-58-28(20-118-12-6-34(78)79)102-65(49(94)41(58)86)109-56-26(18-116-10-4-32(74)75)100-63(47(92)39(56)84)107-54-24(16-114-8-2-30(70)71)98-61(104-51)45(90)37(54)82/h21-28,35-67,80-95,112H,1-20H2,(H,68,69)(H,70,71)(H,72,73)(H,74,75)(H,76,77)(H,78,79)/t21-,22-,23-,24-,25-,26-,27-,28-,35-,36-,37-,38-,39-,40-,41-,42-,43-,44-,45-,46-,47-,48-,49-,50-,51-,52-,53-,54-,55-,56-,57-,58-,59-,60-,61-,62-,63-,64-,65-,66-/m1/s1. The zero-order valence-corrected chi connectivity index (χ0v) is 68.2. The first kappa shape index (κ1) is 99.7. The van der Waals surface area contributed by atoms with Gasteiger partial charge in [0.25, 0.3) is 0 Å². The number of aliphatic carboxylic acids is 6. The minimum Gasteiger partial charge on any atom is -0.481 e. The molecule has 0 aromatic rings. The van der Waals surface area contributed by atoms with Crippen molar-refractivity contribution in [3.8, 4) is 0 Å². The van der Waals surface area contributed by atoms with Crippen molar-refractivity contribution in [1.29, 1.82) is 0 Å². The van der Waals surface area contributed by atoms with E-state index in [2.05, 4.69) is 12.6 Å². The molecule has 0 unspecified atom stereocenters. The highest BCUT2D eigenvalue weighted by atomic mass is 32.2. The first-order valence-corrected chi connectivity index (χ1v) is 45.0. The van der Waals surface area contributed by atoms with Crippen LogP contribution in [0.15, 0.2) is 0 Å². The third kappa shape index (κ3) is 26.1. The molecule has 45 nitrogen and oxygen atoms in total. The molecule has 0 aliphatic carbocycles. The zero-order chi connectivity index (χ0) is 86.3. The average molecular weight is 1840 g/mol. The number of ether oxygens (including phenoxy) is 16. The molecule has 30 fully saturated rings. The first-order chi connectivity index (χ1) is 56.0. The van der Waals surface area contributed by atoms with Crippen LogP contribution in [-0.4, -0.2) is 480 Å². The van der Waals surface area contributed by atoms with Crippen molar-refractivity contribution in [3.05, 3.63) is 0 Å². The van der Waals surface area contributed by atoms with Gasteiger partial charge in [0.1, 0.15) is 153 Å². The number of aliphatic hydroxyl groups excluding tert-OH is 17. The molecule has 30 aliphatic heterocycles. The van der Waals surface area contributed by atoms with Gasteiger partial charge in [0, 0.05) is 74.8 Å². The molecule has 680 valence electrons. The monoisotopic (exact) mass is 1840 g/mol. The molecule has 30 saturated heterocycles. The Morgan fingerprint density at radius 1 is 0.212 bits per heavy atom. The van der Waals surface area contributed by atoms with Crippen LogP contribution in [0.3, 0.4) is 0 Å². The SMILES string of the molecule is O=C(O)CCSC[C@H]1O[C@@H]2O[C@H]3[C@H](O)[C@@H](O)[C@@H](O[C@H]4[C@H](O)[C@@H](O)[C@@H](O[C@H]5[C@H](O)[C@@H](O)[C@@H](O[C@H]6[C@H](O)[C@@H](O)[C@@H](O[C@H]7[C@H](O)[C@@H](O)[C@@H](O[C@H]8[C@H](O)[C@@H](O)[C@@H](O[C@H]9[C@H](O)[C@@H](O)[C@@H](O[C@H]1[C@H](O)[C@H]2O)O[C@@H]9CS)O[C@@H]8CO)O[C@@H]7CSCCC(=O)O)O[C@@H]6CSCCC(=O)O)O[C@@H]5CSCCC(=O)O)O[C@@H]4CSCCC(=O)O)O[C@@H]3CSCCC(=O)O. The maximum Gasteiger partial charge on any atom is 0.304 e. The van der Waals surface area contributed by atoms with Gasteiger partial charge in [0.15, 0.2) is 50.3 Å². The third-order valence-electron chi connectivity index (χ3n) is 20.3. The number of thioether (sulfide) groups is 6. The van der Waals surface area contributed by atoms with Crippen LogP contribution in [0.2, 0.25) is 0 Å². The fourth-order valence-electron chi connectivity index (χ4n) is 14.0. The van der Waals surface area contributed by atoms with Crippen molar-refractivity contribution in [1.82, 2.24) is 0 Å². The maximum atomic E-state index is 12.2. The largest absolute Gasteiger partial charge is 0.481 e. The Kier molecular flexibility index (Phi) is 39.8. The third-order valence-corrected chi connectivity index (χ3v) is 27.0. The zero-order valence-electron chi connectivity index (χ0n) is 62.4. The lowest BCUT2D eigenvalue weighted by atomic mass is 9.95. The van der Waals surface area contributed by atoms with Gasteiger partial charge in [-0.05, 0) is 0 Å². The van der Waals surface area contributed by atoms with Crippen LogP contribution >= 0.6 is 83.2 Å². The summed E-state index contributed by atoms with van der Waals surface area (Å²) in [6, 6.07) is 0. The Hall–Kier alpha value is -2.05. The van der Waals surface area contributed by atoms with E-state index in [-0.39, 0.29) is 69.0 Å². The molecule has 0 aromatic heterocycles. The number of carboxylic acids is 6. The van der Waals surface area contributed by atoms with Gasteiger partial charge in [-0.15, -0.1) is 0 Å². The molecule has 23 N–H and O–H groups in total. The summed E-state index contributed by atoms with van der Waals surface area (Å²) in [6.07, 6.45) is -83.3. The molecule has 52 heteroatoms. The summed E-state index contributed by atoms with van der Waals surface area (Å²) in [6.45, 7) is -1.10. The van der Waals surface area contributed by atoms with Crippen LogP contribution in [0.25, 0.3) is 0 Å². The molecule has 40 atom stereocenters. The predicted octanol–water partition coefficient (Wildman–Crippen LogP) is -9.18. The van der Waals surface area contributed by atoms with Gasteiger partial charge >= 0.3 is 35.8 Å². The van der Waals surface area contributed by atoms with E-state index >= 15 is 0 Å². The summed E-state index contributed by atoms with van der Waals surface area (Å²) in [5.74, 6) is -10.8. The number of hydrogen-bond acceptors (Lipinski definition) is 46. The second kappa shape index (κ2) is 47.1. The summed E-state index contributed by atoms with van der Waals surface area (Å²) in [7, 11) is 0. The Labute approximate surface area is 702 Å². The van der Waals surface area contributed by atoms with E-state index in [4.69, 9.17) is 75.8 Å². The minimum atomic E-state index is -2.30. The Bertz CT molecular complexity index is 3060. The van der Waals surface area contributed by atoms with Gasteiger partial charge in [0.2, 0.25) is 0 Å². The summed E-state index contributed by atoms with van der Waals surface area (Å²) >= 11 is 9.72. The van der Waals surface area contributed by atoms with E-state index in [0.29, 0.717) is 0 Å². The minimum absolute atomic E-state index is 0.116. The lowest BCUT2D eigenvalue weighted by molar-refractivity contribution is -0.397. The van der Waals surface area contributed by atoms with E-state index < -0.39 is 332 Å². The first-order valence-electron chi connectivity index (χ1n) is 37.4. The van der Waals surface area contributed by atoms with Crippen LogP contribution in [0.5, 0.6) is 0 Å². The topological polar surface area (TPSA) is 715 Å². The van der Waals surface area contributed by atoms with Crippen molar-refractivity contribution in [2.24, 2.45) is 0 Å². The van der Waals surface area contributed by atoms with Gasteiger partial charge in [-0.1, -0.05) is 0 Å². The Morgan fingerprint density at radius 3 is 0.492 bits per heavy atom. The summed E-state index contributed by atoms with van der Waals surface area (Å²) in [5, 5.41) is 260. The van der Waals surface area contributed by atoms with E-state index in [1.807, 2.05) is 0 Å². The number of rotatable bonds is 32. The lowest BCUT2D eigenvalue weighted by Gasteiger charge is -2.51. The molecule has 0 amide bonds. The van der Waals surface area contributed by atoms with E-state index in [1.165, 1.54) is 0 Å². The van der Waals surface area contributed by atoms with E-state index in [1.54, 1.807) is 0 Å². The van der Waals surface area contributed by atoms with Crippen molar-refractivity contribution in [2.75, 3.05) is 81.4 Å². The van der Waals surface area contributed by atoms with Crippen LogP contribution in [0.4, 0.5) is 0 Å². The fourth-order valence-corrected chi connectivity index (χ4v) is 20.2. The second-order valence-corrected chi connectivity index (χ2v) is 35.9. The van der Waals surface area contributed by atoms with Crippen LogP contribution in [0.1, 0.15) is 38.5 Å². The summed E-state index contributed by atoms with van der Waals surface area (Å²) in [5.41, 5.74) is 0. The summed E-state index contributed by atoms with van der Waals surface area (Å²) in [4.78, 5) is 70.2. The molecule has 118 heavy (non-hydrogen) atoms. The molecule has 30 rings (SSSR count). The highest BCUT2D eigenvalue weighted by molar-refractivity contribution is 8.00. The molecule has 0 spiro atoms. The van der Waals surface area contributed by atoms with Gasteiger partial charge in [-0.25, -0.2) is 0 Å². The number of carboxylic acid groups (broad SMARTS) is 6. The predicted molar refractivity (Wildman–Crippen MR) is 403 cm³/mol. The molecule has 0 aromatic carbocycles. The molecular weight excluding hydrogens is 1740 g/mol. The lowest BCUT2D eigenvalue weighted by Crippen LogP contribution is -2.69. The molecule has 16 bridgehead atoms. The molecular formula is C66H104O45S7.